The van der Waals surface area contributed by atoms with Gasteiger partial charge in [0, 0.05) is 44.2 Å². The largest absolute Gasteiger partial charge is 0.461 e. The van der Waals surface area contributed by atoms with E-state index in [9.17, 15) is 0 Å². The molecule has 4 heterocycles. The molecule has 0 N–H and O–H groups in total. The van der Waals surface area contributed by atoms with Crippen LogP contribution in [0.3, 0.4) is 0 Å². The minimum atomic E-state index is 0.546. The predicted molar refractivity (Wildman–Crippen MR) is 88.3 cm³/mol. The molecule has 0 fully saturated rings. The van der Waals surface area contributed by atoms with Gasteiger partial charge in [-0.2, -0.15) is 4.98 Å². The summed E-state index contributed by atoms with van der Waals surface area (Å²) in [6.45, 7) is 2.68. The second kappa shape index (κ2) is 6.68. The third kappa shape index (κ3) is 3.18. The van der Waals surface area contributed by atoms with Gasteiger partial charge in [-0.25, -0.2) is 15.0 Å². The van der Waals surface area contributed by atoms with E-state index >= 15 is 0 Å². The first-order valence-corrected chi connectivity index (χ1v) is 8.02. The van der Waals surface area contributed by atoms with Crippen LogP contribution < -0.4 is 0 Å². The van der Waals surface area contributed by atoms with Gasteiger partial charge in [0.25, 0.3) is 0 Å². The van der Waals surface area contributed by atoms with Crippen LogP contribution in [0.25, 0.3) is 23.0 Å². The highest BCUT2D eigenvalue weighted by Crippen LogP contribution is 2.19. The van der Waals surface area contributed by atoms with Crippen LogP contribution in [0.5, 0.6) is 0 Å². The molecule has 0 saturated heterocycles. The topological polar surface area (TPSA) is 95.7 Å². The molecule has 0 aromatic carbocycles. The van der Waals surface area contributed by atoms with E-state index in [0.717, 1.165) is 23.6 Å². The average molecular weight is 336 g/mol. The molecule has 25 heavy (non-hydrogen) atoms. The van der Waals surface area contributed by atoms with Gasteiger partial charge >= 0.3 is 0 Å². The molecule has 4 rings (SSSR count). The first-order valence-electron chi connectivity index (χ1n) is 8.02. The van der Waals surface area contributed by atoms with Crippen molar-refractivity contribution in [2.45, 2.75) is 26.3 Å². The molecule has 0 spiro atoms. The summed E-state index contributed by atoms with van der Waals surface area (Å²) in [7, 11) is 0. The summed E-state index contributed by atoms with van der Waals surface area (Å²) < 4.78 is 12.5. The number of nitrogens with zero attached hydrogens (tertiary/aromatic N) is 6. The lowest BCUT2D eigenvalue weighted by Gasteiger charge is -2.06. The van der Waals surface area contributed by atoms with Crippen LogP contribution in [0.2, 0.25) is 0 Å². The highest BCUT2D eigenvalue weighted by molar-refractivity contribution is 5.55. The molecule has 8 heteroatoms. The van der Waals surface area contributed by atoms with Crippen molar-refractivity contribution in [1.82, 2.24) is 29.7 Å². The quantitative estimate of drug-likeness (QED) is 0.534. The second-order valence-electron chi connectivity index (χ2n) is 5.42. The lowest BCUT2D eigenvalue weighted by molar-refractivity contribution is 0.367. The fourth-order valence-electron chi connectivity index (χ4n) is 2.48. The monoisotopic (exact) mass is 336 g/mol. The van der Waals surface area contributed by atoms with Gasteiger partial charge < -0.3 is 13.5 Å². The molecule has 0 bridgehead atoms. The molecule has 0 unspecified atom stereocenters. The normalized spacial score (nSPS) is 11.1. The van der Waals surface area contributed by atoms with Crippen molar-refractivity contribution in [3.63, 3.8) is 0 Å². The number of furan rings is 1. The number of imidazole rings is 1. The Bertz CT molecular complexity index is 940. The van der Waals surface area contributed by atoms with Gasteiger partial charge in [0.05, 0.1) is 11.8 Å². The Morgan fingerprint density at radius 1 is 1.16 bits per heavy atom. The summed E-state index contributed by atoms with van der Waals surface area (Å²) >= 11 is 0. The second-order valence-corrected chi connectivity index (χ2v) is 5.42. The van der Waals surface area contributed by atoms with Crippen molar-refractivity contribution in [2.75, 3.05) is 0 Å². The fourth-order valence-corrected chi connectivity index (χ4v) is 2.48. The SMILES string of the molecule is CCc1noc(CCn2ccnc2-c2cnc(-c3ccco3)nc2)n1. The minimum Gasteiger partial charge on any atom is -0.461 e. The van der Waals surface area contributed by atoms with E-state index in [2.05, 4.69) is 25.1 Å². The maximum Gasteiger partial charge on any atom is 0.228 e. The van der Waals surface area contributed by atoms with Crippen LogP contribution in [0.1, 0.15) is 18.6 Å². The molecule has 0 amide bonds. The average Bonchev–Trinajstić information content (AvgIpc) is 3.41. The molecule has 0 aliphatic heterocycles. The van der Waals surface area contributed by atoms with Crippen LogP contribution in [0.15, 0.2) is 52.1 Å². The molecule has 0 atom stereocenters. The predicted octanol–water partition coefficient (Wildman–Crippen LogP) is 2.79. The van der Waals surface area contributed by atoms with E-state index in [1.54, 1.807) is 30.9 Å². The summed E-state index contributed by atoms with van der Waals surface area (Å²) in [6, 6.07) is 3.63. The molecule has 0 aliphatic carbocycles. The van der Waals surface area contributed by atoms with E-state index in [-0.39, 0.29) is 0 Å². The van der Waals surface area contributed by atoms with Crippen molar-refractivity contribution in [2.24, 2.45) is 0 Å². The zero-order valence-corrected chi connectivity index (χ0v) is 13.7. The summed E-state index contributed by atoms with van der Waals surface area (Å²) in [5, 5.41) is 3.91. The number of aromatic nitrogens is 6. The summed E-state index contributed by atoms with van der Waals surface area (Å²) in [6.07, 6.45) is 10.1. The Labute approximate surface area is 143 Å². The Morgan fingerprint density at radius 2 is 2.04 bits per heavy atom. The summed E-state index contributed by atoms with van der Waals surface area (Å²) in [5.74, 6) is 3.33. The highest BCUT2D eigenvalue weighted by Gasteiger charge is 2.11. The van der Waals surface area contributed by atoms with Crippen LogP contribution in [0, 0.1) is 0 Å². The van der Waals surface area contributed by atoms with E-state index in [1.807, 2.05) is 23.8 Å². The number of rotatable bonds is 6. The summed E-state index contributed by atoms with van der Waals surface area (Å²) in [5.41, 5.74) is 0.833. The van der Waals surface area contributed by atoms with Crippen molar-refractivity contribution in [3.8, 4) is 23.0 Å². The first kappa shape index (κ1) is 15.3. The third-order valence-electron chi connectivity index (χ3n) is 3.76. The standard InChI is InChI=1S/C17H16N6O2/c1-2-14-21-15(25-22-14)5-7-23-8-6-18-17(23)12-10-19-16(20-11-12)13-4-3-9-24-13/h3-4,6,8-11H,2,5,7H2,1H3. The van der Waals surface area contributed by atoms with Gasteiger partial charge in [-0.15, -0.1) is 0 Å². The Balaban J connectivity index is 1.50. The number of hydrogen-bond donors (Lipinski definition) is 0. The van der Waals surface area contributed by atoms with Crippen molar-refractivity contribution < 1.29 is 8.94 Å². The zero-order chi connectivity index (χ0) is 17.1. The molecule has 8 nitrogen and oxygen atoms in total. The zero-order valence-electron chi connectivity index (χ0n) is 13.7. The Kier molecular flexibility index (Phi) is 4.07. The molecule has 4 aromatic rings. The lowest BCUT2D eigenvalue weighted by Crippen LogP contribution is -2.03. The van der Waals surface area contributed by atoms with E-state index in [0.29, 0.717) is 30.4 Å². The van der Waals surface area contributed by atoms with Gasteiger partial charge in [-0.3, -0.25) is 0 Å². The Morgan fingerprint density at radius 3 is 2.76 bits per heavy atom. The van der Waals surface area contributed by atoms with Crippen LogP contribution in [0.4, 0.5) is 0 Å². The third-order valence-corrected chi connectivity index (χ3v) is 3.76. The van der Waals surface area contributed by atoms with Gasteiger partial charge in [0.15, 0.2) is 17.4 Å². The van der Waals surface area contributed by atoms with E-state index < -0.39 is 0 Å². The molecule has 0 aliphatic rings. The van der Waals surface area contributed by atoms with Crippen molar-refractivity contribution in [1.29, 1.82) is 0 Å². The number of aryl methyl sites for hydroxylation is 3. The van der Waals surface area contributed by atoms with Gasteiger partial charge in [-0.05, 0) is 12.1 Å². The molecular weight excluding hydrogens is 320 g/mol. The maximum atomic E-state index is 5.30. The van der Waals surface area contributed by atoms with Crippen LogP contribution >= 0.6 is 0 Å². The van der Waals surface area contributed by atoms with Crippen molar-refractivity contribution in [3.05, 3.63) is 54.9 Å². The maximum absolute atomic E-state index is 5.30. The fraction of sp³-hybridized carbons (Fsp3) is 0.235. The number of hydrogen-bond acceptors (Lipinski definition) is 7. The smallest absolute Gasteiger partial charge is 0.228 e. The molecule has 0 saturated carbocycles. The van der Waals surface area contributed by atoms with Gasteiger partial charge in [0.2, 0.25) is 5.89 Å². The van der Waals surface area contributed by atoms with Gasteiger partial charge in [0.1, 0.15) is 5.82 Å². The summed E-state index contributed by atoms with van der Waals surface area (Å²) in [4.78, 5) is 17.4. The molecule has 0 radical (unpaired) electrons. The van der Waals surface area contributed by atoms with E-state index in [4.69, 9.17) is 8.94 Å². The lowest BCUT2D eigenvalue weighted by atomic mass is 10.3. The van der Waals surface area contributed by atoms with Crippen molar-refractivity contribution >= 4 is 0 Å². The Hall–Kier alpha value is -3.29. The molecular formula is C17H16N6O2. The van der Waals surface area contributed by atoms with Crippen LogP contribution in [-0.4, -0.2) is 29.7 Å². The molecule has 4 aromatic heterocycles. The highest BCUT2D eigenvalue weighted by atomic mass is 16.5. The molecule has 126 valence electrons. The minimum absolute atomic E-state index is 0.546. The van der Waals surface area contributed by atoms with E-state index in [1.165, 1.54) is 0 Å². The van der Waals surface area contributed by atoms with Gasteiger partial charge in [-0.1, -0.05) is 12.1 Å². The van der Waals surface area contributed by atoms with Crippen LogP contribution in [-0.2, 0) is 19.4 Å². The first-order chi connectivity index (χ1) is 12.3.